The first-order chi connectivity index (χ1) is 5.65. The molecule has 0 aliphatic heterocycles. The summed E-state index contributed by atoms with van der Waals surface area (Å²) in [6.07, 6.45) is 0.803. The van der Waals surface area contributed by atoms with Crippen molar-refractivity contribution in [2.75, 3.05) is 0 Å². The Bertz CT molecular complexity index is 285. The maximum absolute atomic E-state index is 10.3. The molecule has 0 spiro atoms. The van der Waals surface area contributed by atoms with Crippen LogP contribution in [0.15, 0.2) is 12.1 Å². The first-order valence-corrected chi connectivity index (χ1v) is 4.46. The lowest BCUT2D eigenvalue weighted by atomic mass is 10.2. The third-order valence-corrected chi connectivity index (χ3v) is 2.77. The van der Waals surface area contributed by atoms with Crippen molar-refractivity contribution >= 4 is 16.3 Å². The highest BCUT2D eigenvalue weighted by Gasteiger charge is 2.12. The Morgan fingerprint density at radius 1 is 1.75 bits per heavy atom. The van der Waals surface area contributed by atoms with Gasteiger partial charge in [-0.15, -0.1) is 0 Å². The van der Waals surface area contributed by atoms with Crippen molar-refractivity contribution < 1.29 is 4.92 Å². The van der Waals surface area contributed by atoms with Crippen molar-refractivity contribution in [3.63, 3.8) is 0 Å². The van der Waals surface area contributed by atoms with Gasteiger partial charge >= 0.3 is 5.00 Å². The van der Waals surface area contributed by atoms with Gasteiger partial charge in [0, 0.05) is 17.0 Å². The number of nitrogens with two attached hydrogens (primary N) is 1. The molecule has 1 rings (SSSR count). The standard InChI is InChI=1S/C7H10N2O2S/c1-2-5(8)6-3-4-7(12-6)9(10)11/h3-5H,2,8H2,1H3/t5-/m1/s1. The minimum atomic E-state index is -0.392. The molecule has 0 radical (unpaired) electrons. The first kappa shape index (κ1) is 9.15. The maximum Gasteiger partial charge on any atom is 0.324 e. The van der Waals surface area contributed by atoms with E-state index in [2.05, 4.69) is 0 Å². The van der Waals surface area contributed by atoms with Crippen LogP contribution >= 0.6 is 11.3 Å². The predicted octanol–water partition coefficient (Wildman–Crippen LogP) is 2.07. The molecule has 2 N–H and O–H groups in total. The molecule has 0 aliphatic carbocycles. The van der Waals surface area contributed by atoms with E-state index in [4.69, 9.17) is 5.73 Å². The van der Waals surface area contributed by atoms with Crippen LogP contribution in [0.4, 0.5) is 5.00 Å². The van der Waals surface area contributed by atoms with Crippen LogP contribution in [0.3, 0.4) is 0 Å². The summed E-state index contributed by atoms with van der Waals surface area (Å²) in [5.74, 6) is 0. The smallest absolute Gasteiger partial charge is 0.323 e. The SMILES string of the molecule is CC[C@@H](N)c1ccc([N+](=O)[O-])s1. The molecule has 1 aromatic heterocycles. The molecule has 0 saturated carbocycles. The van der Waals surface area contributed by atoms with E-state index in [1.165, 1.54) is 6.07 Å². The second-order valence-electron chi connectivity index (χ2n) is 2.45. The summed E-state index contributed by atoms with van der Waals surface area (Å²) in [6, 6.07) is 3.15. The fourth-order valence-electron chi connectivity index (χ4n) is 0.841. The van der Waals surface area contributed by atoms with E-state index in [0.717, 1.165) is 22.6 Å². The molecule has 0 unspecified atom stereocenters. The van der Waals surface area contributed by atoms with Crippen molar-refractivity contribution in [3.05, 3.63) is 27.1 Å². The molecule has 12 heavy (non-hydrogen) atoms. The van der Waals surface area contributed by atoms with Crippen molar-refractivity contribution in [1.82, 2.24) is 0 Å². The summed E-state index contributed by atoms with van der Waals surface area (Å²) in [6.45, 7) is 1.95. The van der Waals surface area contributed by atoms with Gasteiger partial charge < -0.3 is 5.73 Å². The zero-order valence-electron chi connectivity index (χ0n) is 6.69. The van der Waals surface area contributed by atoms with Gasteiger partial charge in [0.15, 0.2) is 0 Å². The number of hydrogen-bond donors (Lipinski definition) is 1. The van der Waals surface area contributed by atoms with E-state index in [1.807, 2.05) is 6.92 Å². The first-order valence-electron chi connectivity index (χ1n) is 3.65. The molecule has 0 fully saturated rings. The van der Waals surface area contributed by atoms with Gasteiger partial charge in [-0.25, -0.2) is 0 Å². The largest absolute Gasteiger partial charge is 0.324 e. The van der Waals surface area contributed by atoms with E-state index in [0.29, 0.717) is 0 Å². The molecular formula is C7H10N2O2S. The van der Waals surface area contributed by atoms with E-state index < -0.39 is 4.92 Å². The molecule has 5 heteroatoms. The Hall–Kier alpha value is -0.940. The molecule has 0 aliphatic rings. The Kier molecular flexibility index (Phi) is 2.78. The molecule has 1 atom stereocenters. The van der Waals surface area contributed by atoms with Crippen molar-refractivity contribution in [1.29, 1.82) is 0 Å². The Labute approximate surface area is 74.2 Å². The quantitative estimate of drug-likeness (QED) is 0.580. The van der Waals surface area contributed by atoms with Crippen LogP contribution in [-0.4, -0.2) is 4.92 Å². The highest BCUT2D eigenvalue weighted by Crippen LogP contribution is 2.28. The molecule has 0 amide bonds. The van der Waals surface area contributed by atoms with Crippen LogP contribution in [0.2, 0.25) is 0 Å². The lowest BCUT2D eigenvalue weighted by Crippen LogP contribution is -2.05. The minimum Gasteiger partial charge on any atom is -0.323 e. The Balaban J connectivity index is 2.84. The van der Waals surface area contributed by atoms with Gasteiger partial charge in [0.1, 0.15) is 0 Å². The summed E-state index contributed by atoms with van der Waals surface area (Å²) < 4.78 is 0. The predicted molar refractivity (Wildman–Crippen MR) is 48.2 cm³/mol. The number of hydrogen-bond acceptors (Lipinski definition) is 4. The van der Waals surface area contributed by atoms with Crippen LogP contribution in [0.5, 0.6) is 0 Å². The van der Waals surface area contributed by atoms with Gasteiger partial charge in [0.05, 0.1) is 4.92 Å². The normalized spacial score (nSPS) is 12.8. The maximum atomic E-state index is 10.3. The monoisotopic (exact) mass is 186 g/mol. The number of nitro groups is 1. The summed E-state index contributed by atoms with van der Waals surface area (Å²) in [5.41, 5.74) is 5.70. The summed E-state index contributed by atoms with van der Waals surface area (Å²) in [4.78, 5) is 10.8. The van der Waals surface area contributed by atoms with Crippen LogP contribution in [0, 0.1) is 10.1 Å². The average Bonchev–Trinajstić information content (AvgIpc) is 2.51. The van der Waals surface area contributed by atoms with Crippen LogP contribution in [0.25, 0.3) is 0 Å². The summed E-state index contributed by atoms with van der Waals surface area (Å²) >= 11 is 1.15. The van der Waals surface area contributed by atoms with Gasteiger partial charge in [-0.05, 0) is 12.5 Å². The van der Waals surface area contributed by atoms with E-state index in [9.17, 15) is 10.1 Å². The topological polar surface area (TPSA) is 69.2 Å². The Morgan fingerprint density at radius 2 is 2.42 bits per heavy atom. The number of nitrogens with zero attached hydrogens (tertiary/aromatic N) is 1. The minimum absolute atomic E-state index is 0.0660. The average molecular weight is 186 g/mol. The van der Waals surface area contributed by atoms with Gasteiger partial charge in [0.2, 0.25) is 0 Å². The second-order valence-corrected chi connectivity index (χ2v) is 3.54. The van der Waals surface area contributed by atoms with Crippen LogP contribution < -0.4 is 5.73 Å². The molecule has 0 aromatic carbocycles. The van der Waals surface area contributed by atoms with Gasteiger partial charge in [0.25, 0.3) is 0 Å². The second kappa shape index (κ2) is 3.64. The van der Waals surface area contributed by atoms with Crippen molar-refractivity contribution in [2.24, 2.45) is 5.73 Å². The molecule has 0 saturated heterocycles. The summed E-state index contributed by atoms with van der Waals surface area (Å²) in [5, 5.41) is 10.5. The van der Waals surface area contributed by atoms with Gasteiger partial charge in [-0.1, -0.05) is 18.3 Å². The fourth-order valence-corrected chi connectivity index (χ4v) is 1.75. The highest BCUT2D eigenvalue weighted by molar-refractivity contribution is 7.15. The zero-order chi connectivity index (χ0) is 9.14. The zero-order valence-corrected chi connectivity index (χ0v) is 7.50. The highest BCUT2D eigenvalue weighted by atomic mass is 32.1. The van der Waals surface area contributed by atoms with Crippen molar-refractivity contribution in [2.45, 2.75) is 19.4 Å². The molecule has 1 heterocycles. The molecule has 1 aromatic rings. The van der Waals surface area contributed by atoms with Gasteiger partial charge in [-0.3, -0.25) is 10.1 Å². The van der Waals surface area contributed by atoms with Crippen molar-refractivity contribution in [3.8, 4) is 0 Å². The lowest BCUT2D eigenvalue weighted by Gasteiger charge is -2.02. The fraction of sp³-hybridized carbons (Fsp3) is 0.429. The lowest BCUT2D eigenvalue weighted by molar-refractivity contribution is -0.380. The molecule has 4 nitrogen and oxygen atoms in total. The number of rotatable bonds is 3. The molecule has 66 valence electrons. The Morgan fingerprint density at radius 3 is 2.83 bits per heavy atom. The van der Waals surface area contributed by atoms with E-state index >= 15 is 0 Å². The third-order valence-electron chi connectivity index (χ3n) is 1.60. The van der Waals surface area contributed by atoms with Gasteiger partial charge in [-0.2, -0.15) is 0 Å². The molecule has 0 bridgehead atoms. The number of thiophene rings is 1. The third kappa shape index (κ3) is 1.80. The van der Waals surface area contributed by atoms with Crippen LogP contribution in [-0.2, 0) is 0 Å². The molecular weight excluding hydrogens is 176 g/mol. The van der Waals surface area contributed by atoms with Crippen LogP contribution in [0.1, 0.15) is 24.3 Å². The van der Waals surface area contributed by atoms with E-state index in [1.54, 1.807) is 6.07 Å². The van der Waals surface area contributed by atoms with E-state index in [-0.39, 0.29) is 11.0 Å². The summed E-state index contributed by atoms with van der Waals surface area (Å²) in [7, 11) is 0.